The zero-order valence-corrected chi connectivity index (χ0v) is 13.5. The first-order valence-electron chi connectivity index (χ1n) is 7.71. The highest BCUT2D eigenvalue weighted by Crippen LogP contribution is 2.25. The van der Waals surface area contributed by atoms with E-state index in [-0.39, 0.29) is 11.9 Å². The number of aliphatic hydroxyl groups excluding tert-OH is 1. The van der Waals surface area contributed by atoms with Gasteiger partial charge in [0.1, 0.15) is 4.88 Å². The van der Waals surface area contributed by atoms with Gasteiger partial charge in [0, 0.05) is 13.1 Å². The molecule has 1 N–H and O–H groups in total. The van der Waals surface area contributed by atoms with Crippen LogP contribution in [0.5, 0.6) is 0 Å². The lowest BCUT2D eigenvalue weighted by atomic mass is 10.1. The number of aromatic nitrogens is 1. The number of carbonyl (C=O) groups is 1. The monoisotopic (exact) mass is 309 g/mol. The van der Waals surface area contributed by atoms with Gasteiger partial charge in [0.05, 0.1) is 22.8 Å². The van der Waals surface area contributed by atoms with Crippen molar-refractivity contribution in [3.63, 3.8) is 0 Å². The summed E-state index contributed by atoms with van der Waals surface area (Å²) < 4.78 is 0. The van der Waals surface area contributed by atoms with Gasteiger partial charge in [-0.2, -0.15) is 0 Å². The number of rotatable bonds is 2. The van der Waals surface area contributed by atoms with Crippen LogP contribution in [0.3, 0.4) is 0 Å². The van der Waals surface area contributed by atoms with Gasteiger partial charge in [-0.15, -0.1) is 11.3 Å². The lowest BCUT2D eigenvalue weighted by Gasteiger charge is -2.33. The predicted octanol–water partition coefficient (Wildman–Crippen LogP) is 1.43. The molecule has 1 aromatic rings. The lowest BCUT2D eigenvalue weighted by molar-refractivity contribution is 0.0703. The van der Waals surface area contributed by atoms with Crippen molar-refractivity contribution >= 4 is 17.2 Å². The highest BCUT2D eigenvalue weighted by Gasteiger charge is 2.38. The van der Waals surface area contributed by atoms with E-state index in [1.54, 1.807) is 4.90 Å². The zero-order valence-electron chi connectivity index (χ0n) is 12.7. The molecule has 0 spiro atoms. The van der Waals surface area contributed by atoms with E-state index >= 15 is 0 Å². The summed E-state index contributed by atoms with van der Waals surface area (Å²) >= 11 is 1.45. The number of hydrogen-bond acceptors (Lipinski definition) is 5. The quantitative estimate of drug-likeness (QED) is 0.898. The minimum atomic E-state index is -0.429. The number of carbonyl (C=O) groups excluding carboxylic acids is 1. The second-order valence-corrected chi connectivity index (χ2v) is 7.29. The average molecular weight is 309 g/mol. The first-order valence-corrected chi connectivity index (χ1v) is 8.53. The number of aryl methyl sites for hydroxylation is 2. The van der Waals surface area contributed by atoms with Crippen LogP contribution in [0, 0.1) is 13.8 Å². The van der Waals surface area contributed by atoms with Gasteiger partial charge >= 0.3 is 0 Å². The number of β-amino-alcohol motifs (C(OH)–C–C–N with tert-alkyl or cyclic N) is 1. The smallest absolute Gasteiger partial charge is 0.266 e. The summed E-state index contributed by atoms with van der Waals surface area (Å²) in [4.78, 5) is 21.8. The van der Waals surface area contributed by atoms with Crippen molar-refractivity contribution < 1.29 is 9.90 Å². The van der Waals surface area contributed by atoms with Crippen LogP contribution in [-0.4, -0.2) is 64.1 Å². The Labute approximate surface area is 129 Å². The van der Waals surface area contributed by atoms with Crippen molar-refractivity contribution in [2.45, 2.75) is 45.3 Å². The van der Waals surface area contributed by atoms with E-state index in [9.17, 15) is 9.90 Å². The number of thiazole rings is 1. The molecule has 6 heteroatoms. The molecule has 0 aliphatic carbocycles. The summed E-state index contributed by atoms with van der Waals surface area (Å²) in [6.45, 7) is 6.97. The van der Waals surface area contributed by atoms with Gasteiger partial charge in [-0.1, -0.05) is 6.42 Å². The van der Waals surface area contributed by atoms with Gasteiger partial charge < -0.3 is 10.0 Å². The topological polar surface area (TPSA) is 56.7 Å². The number of amides is 1. The van der Waals surface area contributed by atoms with Crippen molar-refractivity contribution in [3.05, 3.63) is 15.6 Å². The molecule has 0 radical (unpaired) electrons. The third-order valence-corrected chi connectivity index (χ3v) is 5.56. The van der Waals surface area contributed by atoms with E-state index < -0.39 is 6.10 Å². The van der Waals surface area contributed by atoms with Gasteiger partial charge in [-0.25, -0.2) is 4.98 Å². The highest BCUT2D eigenvalue weighted by atomic mass is 32.1. The molecule has 0 unspecified atom stereocenters. The molecule has 1 aromatic heterocycles. The summed E-state index contributed by atoms with van der Waals surface area (Å²) in [5, 5.41) is 11.3. The number of aliphatic hydroxyl groups is 1. The Bertz CT molecular complexity index is 525. The molecular weight excluding hydrogens is 286 g/mol. The molecule has 116 valence electrons. The minimum Gasteiger partial charge on any atom is -0.390 e. The van der Waals surface area contributed by atoms with Gasteiger partial charge in [-0.05, 0) is 39.8 Å². The van der Waals surface area contributed by atoms with Gasteiger partial charge in [0.2, 0.25) is 0 Å². The standard InChI is InChI=1S/C15H23N3O2S/c1-10-14(21-11(2)16-10)15(20)18-8-12(13(19)9-18)17-6-4-3-5-7-17/h12-13,19H,3-9H2,1-2H3/t12-,13-/m0/s1. The van der Waals surface area contributed by atoms with Crippen molar-refractivity contribution in [1.29, 1.82) is 0 Å². The van der Waals surface area contributed by atoms with Crippen LogP contribution in [0.25, 0.3) is 0 Å². The van der Waals surface area contributed by atoms with Crippen LogP contribution in [0.15, 0.2) is 0 Å². The Morgan fingerprint density at radius 3 is 2.57 bits per heavy atom. The van der Waals surface area contributed by atoms with E-state index in [1.165, 1.54) is 30.6 Å². The summed E-state index contributed by atoms with van der Waals surface area (Å²) in [7, 11) is 0. The number of nitrogens with zero attached hydrogens (tertiary/aromatic N) is 3. The first kappa shape index (κ1) is 14.9. The molecule has 1 amide bonds. The average Bonchev–Trinajstić information content (AvgIpc) is 3.02. The maximum Gasteiger partial charge on any atom is 0.266 e. The predicted molar refractivity (Wildman–Crippen MR) is 82.7 cm³/mol. The van der Waals surface area contributed by atoms with Crippen LogP contribution >= 0.6 is 11.3 Å². The molecule has 3 heterocycles. The second kappa shape index (κ2) is 6.02. The summed E-state index contributed by atoms with van der Waals surface area (Å²) in [5.74, 6) is 0.0247. The lowest BCUT2D eigenvalue weighted by Crippen LogP contribution is -2.46. The summed E-state index contributed by atoms with van der Waals surface area (Å²) in [6.07, 6.45) is 3.25. The van der Waals surface area contributed by atoms with E-state index in [4.69, 9.17) is 0 Å². The van der Waals surface area contributed by atoms with Crippen LogP contribution in [0.2, 0.25) is 0 Å². The molecule has 5 nitrogen and oxygen atoms in total. The first-order chi connectivity index (χ1) is 10.1. The van der Waals surface area contributed by atoms with E-state index in [2.05, 4.69) is 9.88 Å². The highest BCUT2D eigenvalue weighted by molar-refractivity contribution is 7.13. The van der Waals surface area contributed by atoms with Crippen molar-refractivity contribution in [3.8, 4) is 0 Å². The van der Waals surface area contributed by atoms with Crippen LogP contribution < -0.4 is 0 Å². The third-order valence-electron chi connectivity index (χ3n) is 4.50. The fourth-order valence-corrected chi connectivity index (χ4v) is 4.31. The molecule has 2 aliphatic rings. The Morgan fingerprint density at radius 1 is 1.24 bits per heavy atom. The molecule has 2 atom stereocenters. The molecule has 2 fully saturated rings. The normalized spacial score (nSPS) is 27.3. The Kier molecular flexibility index (Phi) is 4.28. The zero-order chi connectivity index (χ0) is 15.0. The van der Waals surface area contributed by atoms with E-state index in [1.807, 2.05) is 13.8 Å². The van der Waals surface area contributed by atoms with E-state index in [0.29, 0.717) is 13.1 Å². The Balaban J connectivity index is 1.70. The molecule has 0 saturated carbocycles. The minimum absolute atomic E-state index is 0.0247. The Hall–Kier alpha value is -0.980. The summed E-state index contributed by atoms with van der Waals surface area (Å²) in [6, 6.07) is 0.101. The summed E-state index contributed by atoms with van der Waals surface area (Å²) in [5.41, 5.74) is 0.804. The fourth-order valence-electron chi connectivity index (χ4n) is 3.42. The van der Waals surface area contributed by atoms with Crippen LogP contribution in [-0.2, 0) is 0 Å². The molecule has 0 aromatic carbocycles. The number of piperidine rings is 1. The van der Waals surface area contributed by atoms with Gasteiger partial charge in [0.15, 0.2) is 0 Å². The largest absolute Gasteiger partial charge is 0.390 e. The fraction of sp³-hybridized carbons (Fsp3) is 0.733. The Morgan fingerprint density at radius 2 is 1.95 bits per heavy atom. The molecule has 3 rings (SSSR count). The molecule has 2 aliphatic heterocycles. The van der Waals surface area contributed by atoms with Gasteiger partial charge in [0.25, 0.3) is 5.91 Å². The van der Waals surface area contributed by atoms with Crippen molar-refractivity contribution in [2.24, 2.45) is 0 Å². The number of likely N-dealkylation sites (tertiary alicyclic amines) is 2. The van der Waals surface area contributed by atoms with Gasteiger partial charge in [-0.3, -0.25) is 9.69 Å². The van der Waals surface area contributed by atoms with E-state index in [0.717, 1.165) is 28.7 Å². The SMILES string of the molecule is Cc1nc(C)c(C(=O)N2C[C@H](O)[C@@H](N3CCCCC3)C2)s1. The number of hydrogen-bond donors (Lipinski definition) is 1. The molecule has 0 bridgehead atoms. The third kappa shape index (κ3) is 2.98. The van der Waals surface area contributed by atoms with Crippen LogP contribution in [0.1, 0.15) is 39.6 Å². The maximum absolute atomic E-state index is 12.6. The molecule has 2 saturated heterocycles. The van der Waals surface area contributed by atoms with Crippen molar-refractivity contribution in [1.82, 2.24) is 14.8 Å². The molecular formula is C15H23N3O2S. The van der Waals surface area contributed by atoms with Crippen LogP contribution in [0.4, 0.5) is 0 Å². The maximum atomic E-state index is 12.6. The second-order valence-electron chi connectivity index (χ2n) is 6.09. The molecule has 21 heavy (non-hydrogen) atoms. The van der Waals surface area contributed by atoms with Crippen molar-refractivity contribution in [2.75, 3.05) is 26.2 Å².